The number of anilines is 3. The van der Waals surface area contributed by atoms with Crippen LogP contribution in [0, 0.1) is 0 Å². The van der Waals surface area contributed by atoms with Gasteiger partial charge in [0.25, 0.3) is 0 Å². The Morgan fingerprint density at radius 3 is 2.02 bits per heavy atom. The lowest BCUT2D eigenvalue weighted by Crippen LogP contribution is -2.43. The molecule has 8 rings (SSSR count). The van der Waals surface area contributed by atoms with Gasteiger partial charge in [-0.15, -0.1) is 0 Å². The summed E-state index contributed by atoms with van der Waals surface area (Å²) < 4.78 is 2.42. The van der Waals surface area contributed by atoms with E-state index in [1.165, 1.54) is 66.7 Å². The third kappa shape index (κ3) is 4.53. The topological polar surface area (TPSA) is 23.8 Å². The Morgan fingerprint density at radius 2 is 1.30 bits per heavy atom. The van der Waals surface area contributed by atoms with Gasteiger partial charge in [-0.25, -0.2) is 4.98 Å². The Labute approximate surface area is 277 Å². The zero-order valence-corrected chi connectivity index (χ0v) is 28.2. The Balaban J connectivity index is 1.34. The third-order valence-corrected chi connectivity index (χ3v) is 10.3. The van der Waals surface area contributed by atoms with E-state index in [9.17, 15) is 0 Å². The Hall–Kier alpha value is -5.09. The molecule has 0 radical (unpaired) electrons. The molecule has 0 saturated heterocycles. The molecule has 0 saturated carbocycles. The molecule has 4 heteroatoms. The monoisotopic (exact) mass is 614 g/mol. The summed E-state index contributed by atoms with van der Waals surface area (Å²) in [4.78, 5) is 10.2. The molecule has 5 aromatic carbocycles. The van der Waals surface area contributed by atoms with Crippen molar-refractivity contribution in [3.63, 3.8) is 0 Å². The summed E-state index contributed by atoms with van der Waals surface area (Å²) in [5.74, 6) is 0.791. The molecule has 3 heterocycles. The summed E-state index contributed by atoms with van der Waals surface area (Å²) >= 11 is 0. The normalized spacial score (nSPS) is 13.5. The number of pyridine rings is 1. The van der Waals surface area contributed by atoms with Gasteiger partial charge >= 0.3 is 0 Å². The molecule has 1 aliphatic heterocycles. The van der Waals surface area contributed by atoms with Crippen LogP contribution in [0.25, 0.3) is 38.6 Å². The zero-order valence-electron chi connectivity index (χ0n) is 28.2. The third-order valence-electron chi connectivity index (χ3n) is 10.3. The predicted octanol–water partition coefficient (Wildman–Crippen LogP) is 11.4. The van der Waals surface area contributed by atoms with Gasteiger partial charge in [0, 0.05) is 22.0 Å². The molecule has 1 aliphatic rings. The molecule has 47 heavy (non-hydrogen) atoms. The van der Waals surface area contributed by atoms with Gasteiger partial charge in [-0.2, -0.15) is 0 Å². The van der Waals surface area contributed by atoms with Crippen LogP contribution in [0.2, 0.25) is 0 Å². The molecule has 0 amide bonds. The lowest BCUT2D eigenvalue weighted by Gasteiger charge is -2.38. The van der Waals surface area contributed by atoms with Crippen molar-refractivity contribution in [3.8, 4) is 11.3 Å². The number of para-hydroxylation sites is 4. The number of hydrogen-bond acceptors (Lipinski definition) is 3. The molecule has 0 N–H and O–H groups in total. The fourth-order valence-electron chi connectivity index (χ4n) is 7.73. The average Bonchev–Trinajstić information content (AvgIpc) is 3.72. The smallest absolute Gasteiger partial charge is 0.145 e. The molecule has 234 valence electrons. The first-order valence-electron chi connectivity index (χ1n) is 16.9. The lowest BCUT2D eigenvalue weighted by molar-refractivity contribution is 0.495. The van der Waals surface area contributed by atoms with E-state index < -0.39 is 0 Å². The minimum Gasteiger partial charge on any atom is -0.343 e. The molecule has 7 aromatic rings. The van der Waals surface area contributed by atoms with Crippen LogP contribution in [0.4, 0.5) is 17.1 Å². The molecule has 0 fully saturated rings. The van der Waals surface area contributed by atoms with Crippen LogP contribution in [-0.4, -0.2) is 16.1 Å². The number of rotatable bonds is 6. The van der Waals surface area contributed by atoms with E-state index in [4.69, 9.17) is 4.98 Å². The number of hydrogen-bond donors (Lipinski definition) is 0. The number of imidazole rings is 1. The van der Waals surface area contributed by atoms with Crippen LogP contribution >= 0.6 is 0 Å². The van der Waals surface area contributed by atoms with Gasteiger partial charge in [-0.05, 0) is 84.2 Å². The summed E-state index contributed by atoms with van der Waals surface area (Å²) in [5, 5.41) is 3.66. The zero-order chi connectivity index (χ0) is 32.4. The molecule has 0 bridgehead atoms. The number of aromatic nitrogens is 2. The molecule has 0 aliphatic carbocycles. The van der Waals surface area contributed by atoms with Crippen molar-refractivity contribution >= 4 is 44.4 Å². The van der Waals surface area contributed by atoms with E-state index in [1.807, 2.05) is 0 Å². The predicted molar refractivity (Wildman–Crippen MR) is 199 cm³/mol. The van der Waals surface area contributed by atoms with Crippen LogP contribution in [-0.2, 0) is 5.54 Å². The first-order valence-corrected chi connectivity index (χ1v) is 16.9. The van der Waals surface area contributed by atoms with Gasteiger partial charge in [0.2, 0.25) is 0 Å². The highest BCUT2D eigenvalue weighted by Crippen LogP contribution is 2.47. The van der Waals surface area contributed by atoms with Gasteiger partial charge in [-0.3, -0.25) is 4.40 Å². The van der Waals surface area contributed by atoms with E-state index in [0.717, 1.165) is 12.3 Å². The molecule has 0 atom stereocenters. The van der Waals surface area contributed by atoms with E-state index in [1.54, 1.807) is 0 Å². The summed E-state index contributed by atoms with van der Waals surface area (Å²) in [6, 6.07) is 42.2. The van der Waals surface area contributed by atoms with Crippen LogP contribution < -0.4 is 9.80 Å². The summed E-state index contributed by atoms with van der Waals surface area (Å²) in [5.41, 5.74) is 12.1. The van der Waals surface area contributed by atoms with E-state index in [2.05, 4.69) is 177 Å². The Morgan fingerprint density at radius 1 is 0.638 bits per heavy atom. The van der Waals surface area contributed by atoms with Crippen molar-refractivity contribution in [1.82, 2.24) is 9.38 Å². The summed E-state index contributed by atoms with van der Waals surface area (Å²) in [7, 11) is 0. The highest BCUT2D eigenvalue weighted by Gasteiger charge is 2.37. The van der Waals surface area contributed by atoms with Crippen molar-refractivity contribution in [2.75, 3.05) is 16.5 Å². The van der Waals surface area contributed by atoms with Gasteiger partial charge in [0.15, 0.2) is 0 Å². The second kappa shape index (κ2) is 11.0. The minimum absolute atomic E-state index is 0.291. The molecular weight excluding hydrogens is 573 g/mol. The van der Waals surface area contributed by atoms with Crippen LogP contribution in [0.5, 0.6) is 0 Å². The van der Waals surface area contributed by atoms with Crippen molar-refractivity contribution in [3.05, 3.63) is 138 Å². The maximum absolute atomic E-state index is 5.22. The van der Waals surface area contributed by atoms with Crippen molar-refractivity contribution in [2.45, 2.75) is 58.9 Å². The fraction of sp³-hybridized carbons (Fsp3) is 0.233. The number of fused-ring (bicyclic) bond motifs is 7. The quantitative estimate of drug-likeness (QED) is 0.174. The van der Waals surface area contributed by atoms with Gasteiger partial charge in [-0.1, -0.05) is 107 Å². The highest BCUT2D eigenvalue weighted by atomic mass is 15.4. The van der Waals surface area contributed by atoms with Crippen molar-refractivity contribution in [1.29, 1.82) is 0 Å². The van der Waals surface area contributed by atoms with Crippen molar-refractivity contribution in [2.24, 2.45) is 0 Å². The summed E-state index contributed by atoms with van der Waals surface area (Å²) in [6.45, 7) is 14.7. The standard InChI is InChI=1S/C43H42N4/c1-28(2)32-18-14-19-33(29(3)4)41(32)40-26-44-42-36-25-30(23-24-34(36)35-17-10-11-20-37(35)47(40)42)43(5,6)46-27-45(31-15-8-7-9-16-31)38-21-12-13-22-39(38)46/h7-26,28-29H,27H2,1-6H3. The van der Waals surface area contributed by atoms with Crippen LogP contribution in [0.3, 0.4) is 0 Å². The van der Waals surface area contributed by atoms with E-state index in [0.29, 0.717) is 11.8 Å². The molecule has 4 nitrogen and oxygen atoms in total. The lowest BCUT2D eigenvalue weighted by atomic mass is 9.87. The van der Waals surface area contributed by atoms with Crippen LogP contribution in [0.15, 0.2) is 121 Å². The summed E-state index contributed by atoms with van der Waals surface area (Å²) in [6.07, 6.45) is 2.11. The maximum Gasteiger partial charge on any atom is 0.145 e. The number of nitrogens with zero attached hydrogens (tertiary/aromatic N) is 4. The fourth-order valence-corrected chi connectivity index (χ4v) is 7.73. The minimum atomic E-state index is -0.291. The first-order chi connectivity index (χ1) is 22.8. The molecule has 0 spiro atoms. The Bertz CT molecular complexity index is 2250. The highest BCUT2D eigenvalue weighted by molar-refractivity contribution is 6.12. The van der Waals surface area contributed by atoms with E-state index >= 15 is 0 Å². The first kappa shape index (κ1) is 29.3. The Kier molecular flexibility index (Phi) is 6.87. The largest absolute Gasteiger partial charge is 0.343 e. The maximum atomic E-state index is 5.22. The average molecular weight is 615 g/mol. The second-order valence-corrected chi connectivity index (χ2v) is 14.1. The molecule has 0 unspecified atom stereocenters. The SMILES string of the molecule is CC(C)c1cccc(C(C)C)c1-c1cnc2c3cc(C(C)(C)N4CN(c5ccccc5)c5ccccc54)ccc3c3ccccc3n12. The van der Waals surface area contributed by atoms with Gasteiger partial charge in [0.1, 0.15) is 5.65 Å². The molecule has 2 aromatic heterocycles. The van der Waals surface area contributed by atoms with E-state index in [-0.39, 0.29) is 5.54 Å². The number of benzene rings is 5. The van der Waals surface area contributed by atoms with Crippen molar-refractivity contribution < 1.29 is 0 Å². The van der Waals surface area contributed by atoms with Gasteiger partial charge in [0.05, 0.1) is 41.0 Å². The second-order valence-electron chi connectivity index (χ2n) is 14.1. The molecular formula is C43H42N4. The van der Waals surface area contributed by atoms with Gasteiger partial charge < -0.3 is 9.80 Å². The van der Waals surface area contributed by atoms with Crippen LogP contribution in [0.1, 0.15) is 70.1 Å².